The molecule has 1 saturated carbocycles. The monoisotopic (exact) mass is 318 g/mol. The van der Waals surface area contributed by atoms with E-state index >= 15 is 0 Å². The minimum absolute atomic E-state index is 0.113. The lowest BCUT2D eigenvalue weighted by molar-refractivity contribution is 0.0107. The van der Waals surface area contributed by atoms with Gasteiger partial charge in [0.15, 0.2) is 0 Å². The van der Waals surface area contributed by atoms with Gasteiger partial charge in [-0.3, -0.25) is 4.90 Å². The molecule has 0 radical (unpaired) electrons. The lowest BCUT2D eigenvalue weighted by atomic mass is 10.1. The summed E-state index contributed by atoms with van der Waals surface area (Å²) in [4.78, 5) is 16.6. The maximum atomic E-state index is 12.5. The Morgan fingerprint density at radius 3 is 2.52 bits per heavy atom. The highest BCUT2D eigenvalue weighted by Gasteiger charge is 2.54. The molecule has 1 heterocycles. The van der Waals surface area contributed by atoms with E-state index in [1.807, 2.05) is 43.9 Å². The summed E-state index contributed by atoms with van der Waals surface area (Å²) in [6, 6.07) is 5.72. The summed E-state index contributed by atoms with van der Waals surface area (Å²) in [5.41, 5.74) is 13.6. The highest BCUT2D eigenvalue weighted by atomic mass is 16.6. The number of amides is 1. The van der Waals surface area contributed by atoms with Crippen molar-refractivity contribution in [2.24, 2.45) is 0 Å². The van der Waals surface area contributed by atoms with Gasteiger partial charge in [0, 0.05) is 19.6 Å². The number of rotatable bonds is 1. The zero-order chi connectivity index (χ0) is 16.8. The van der Waals surface area contributed by atoms with Crippen molar-refractivity contribution in [2.45, 2.75) is 44.8 Å². The molecule has 1 aliphatic carbocycles. The van der Waals surface area contributed by atoms with Gasteiger partial charge in [-0.2, -0.15) is 0 Å². The average Bonchev–Trinajstić information content (AvgIpc) is 3.19. The number of nitrogen functional groups attached to an aromatic ring is 2. The predicted molar refractivity (Wildman–Crippen MR) is 92.4 cm³/mol. The van der Waals surface area contributed by atoms with Gasteiger partial charge >= 0.3 is 6.09 Å². The average molecular weight is 318 g/mol. The van der Waals surface area contributed by atoms with Crippen LogP contribution >= 0.6 is 0 Å². The van der Waals surface area contributed by atoms with E-state index in [1.165, 1.54) is 0 Å². The van der Waals surface area contributed by atoms with Crippen molar-refractivity contribution in [3.8, 4) is 0 Å². The molecule has 3 rings (SSSR count). The van der Waals surface area contributed by atoms with Crippen LogP contribution in [-0.4, -0.2) is 41.8 Å². The van der Waals surface area contributed by atoms with Crippen LogP contribution in [0.2, 0.25) is 0 Å². The first kappa shape index (κ1) is 15.8. The van der Waals surface area contributed by atoms with E-state index in [4.69, 9.17) is 16.2 Å². The second-order valence-electron chi connectivity index (χ2n) is 7.56. The summed E-state index contributed by atoms with van der Waals surface area (Å²) < 4.78 is 5.56. The number of benzene rings is 1. The summed E-state index contributed by atoms with van der Waals surface area (Å²) in [7, 11) is 0. The van der Waals surface area contributed by atoms with Crippen LogP contribution in [0.15, 0.2) is 18.2 Å². The molecule has 23 heavy (non-hydrogen) atoms. The van der Waals surface area contributed by atoms with E-state index in [-0.39, 0.29) is 11.6 Å². The van der Waals surface area contributed by atoms with Gasteiger partial charge in [-0.05, 0) is 45.7 Å². The molecule has 1 amide bonds. The summed E-state index contributed by atoms with van der Waals surface area (Å²) in [6.07, 6.45) is 1.80. The van der Waals surface area contributed by atoms with Crippen LogP contribution in [-0.2, 0) is 4.74 Å². The Kier molecular flexibility index (Phi) is 3.58. The van der Waals surface area contributed by atoms with Gasteiger partial charge in [0.25, 0.3) is 0 Å². The lowest BCUT2D eigenvalue weighted by Crippen LogP contribution is -2.58. The fraction of sp³-hybridized carbons (Fsp3) is 0.588. The van der Waals surface area contributed by atoms with Crippen LogP contribution in [0.3, 0.4) is 0 Å². The first-order valence-corrected chi connectivity index (χ1v) is 8.11. The van der Waals surface area contributed by atoms with Crippen LogP contribution < -0.4 is 16.4 Å². The van der Waals surface area contributed by atoms with Crippen LogP contribution in [0.4, 0.5) is 21.9 Å². The van der Waals surface area contributed by atoms with Crippen LogP contribution in [0.1, 0.15) is 33.6 Å². The molecular weight excluding hydrogens is 292 g/mol. The zero-order valence-electron chi connectivity index (χ0n) is 14.1. The summed E-state index contributed by atoms with van der Waals surface area (Å²) in [5, 5.41) is 0. The van der Waals surface area contributed by atoms with Crippen LogP contribution in [0.25, 0.3) is 0 Å². The Morgan fingerprint density at radius 2 is 1.91 bits per heavy atom. The Morgan fingerprint density at radius 1 is 1.22 bits per heavy atom. The van der Waals surface area contributed by atoms with Gasteiger partial charge in [0.05, 0.1) is 22.6 Å². The van der Waals surface area contributed by atoms with Gasteiger partial charge in [-0.25, -0.2) is 4.79 Å². The number of ether oxygens (including phenoxy) is 1. The third-order valence-electron chi connectivity index (χ3n) is 4.55. The van der Waals surface area contributed by atoms with E-state index in [0.29, 0.717) is 17.9 Å². The van der Waals surface area contributed by atoms with Crippen molar-refractivity contribution in [3.05, 3.63) is 18.2 Å². The van der Waals surface area contributed by atoms with Gasteiger partial charge in [-0.15, -0.1) is 0 Å². The smallest absolute Gasteiger partial charge is 0.410 e. The molecule has 1 aromatic rings. The molecule has 2 fully saturated rings. The number of nitrogens with two attached hydrogens (primary N) is 2. The second-order valence-corrected chi connectivity index (χ2v) is 7.56. The number of carbonyl (C=O) groups is 1. The molecule has 6 nitrogen and oxygen atoms in total. The van der Waals surface area contributed by atoms with Gasteiger partial charge in [-0.1, -0.05) is 6.07 Å². The standard InChI is InChI=1S/C17H26N4O2/c1-16(2,3)23-15(22)21-10-9-20(11-17(21)7-8-17)13-6-4-5-12(18)14(13)19/h4-6H,7-11,18-19H2,1-3H3. The highest BCUT2D eigenvalue weighted by molar-refractivity contribution is 5.80. The summed E-state index contributed by atoms with van der Waals surface area (Å²) >= 11 is 0. The molecule has 1 saturated heterocycles. The molecule has 6 heteroatoms. The largest absolute Gasteiger partial charge is 0.444 e. The first-order chi connectivity index (χ1) is 10.7. The van der Waals surface area contributed by atoms with Crippen molar-refractivity contribution in [1.29, 1.82) is 0 Å². The van der Waals surface area contributed by atoms with Crippen molar-refractivity contribution in [3.63, 3.8) is 0 Å². The molecule has 126 valence electrons. The molecule has 0 atom stereocenters. The number of nitrogens with zero attached hydrogens (tertiary/aromatic N) is 2. The fourth-order valence-electron chi connectivity index (χ4n) is 3.20. The lowest BCUT2D eigenvalue weighted by Gasteiger charge is -2.43. The Labute approximate surface area is 137 Å². The van der Waals surface area contributed by atoms with Crippen LogP contribution in [0.5, 0.6) is 0 Å². The summed E-state index contributed by atoms with van der Waals surface area (Å²) in [5.74, 6) is 0. The van der Waals surface area contributed by atoms with E-state index in [1.54, 1.807) is 0 Å². The van der Waals surface area contributed by atoms with Gasteiger partial charge in [0.1, 0.15) is 5.60 Å². The number of carbonyl (C=O) groups excluding carboxylic acids is 1. The number of piperazine rings is 1. The van der Waals surface area contributed by atoms with Crippen molar-refractivity contribution < 1.29 is 9.53 Å². The van der Waals surface area contributed by atoms with E-state index in [9.17, 15) is 4.79 Å². The number of hydrogen-bond donors (Lipinski definition) is 2. The minimum atomic E-state index is -0.470. The first-order valence-electron chi connectivity index (χ1n) is 8.11. The molecular formula is C17H26N4O2. The van der Waals surface area contributed by atoms with Gasteiger partial charge in [0.2, 0.25) is 0 Å². The second kappa shape index (κ2) is 5.22. The molecule has 0 aromatic heterocycles. The topological polar surface area (TPSA) is 84.8 Å². The molecule has 1 aliphatic heterocycles. The maximum Gasteiger partial charge on any atom is 0.410 e. The Balaban J connectivity index is 1.76. The zero-order valence-corrected chi connectivity index (χ0v) is 14.1. The molecule has 0 bridgehead atoms. The Hall–Kier alpha value is -2.11. The predicted octanol–water partition coefficient (Wildman–Crippen LogP) is 2.44. The Bertz CT molecular complexity index is 620. The maximum absolute atomic E-state index is 12.5. The molecule has 0 unspecified atom stereocenters. The summed E-state index contributed by atoms with van der Waals surface area (Å²) in [6.45, 7) is 7.84. The number of anilines is 3. The molecule has 1 aromatic carbocycles. The van der Waals surface area contributed by atoms with E-state index in [0.717, 1.165) is 31.6 Å². The number of para-hydroxylation sites is 1. The quantitative estimate of drug-likeness (QED) is 0.777. The number of hydrogen-bond acceptors (Lipinski definition) is 5. The third kappa shape index (κ3) is 3.02. The van der Waals surface area contributed by atoms with Crippen molar-refractivity contribution >= 4 is 23.2 Å². The third-order valence-corrected chi connectivity index (χ3v) is 4.55. The van der Waals surface area contributed by atoms with Crippen molar-refractivity contribution in [1.82, 2.24) is 4.90 Å². The van der Waals surface area contributed by atoms with Gasteiger partial charge < -0.3 is 21.1 Å². The SMILES string of the molecule is CC(C)(C)OC(=O)N1CCN(c2cccc(N)c2N)CC12CC2. The van der Waals surface area contributed by atoms with E-state index in [2.05, 4.69) is 4.90 Å². The molecule has 2 aliphatic rings. The van der Waals surface area contributed by atoms with Crippen molar-refractivity contribution in [2.75, 3.05) is 36.0 Å². The van der Waals surface area contributed by atoms with Crippen LogP contribution in [0, 0.1) is 0 Å². The minimum Gasteiger partial charge on any atom is -0.444 e. The highest BCUT2D eigenvalue weighted by Crippen LogP contribution is 2.46. The van der Waals surface area contributed by atoms with E-state index < -0.39 is 5.60 Å². The normalized spacial score (nSPS) is 19.8. The fourth-order valence-corrected chi connectivity index (χ4v) is 3.20. The molecule has 1 spiro atoms. The molecule has 4 N–H and O–H groups in total.